The van der Waals surface area contributed by atoms with Crippen molar-refractivity contribution in [2.75, 3.05) is 39.0 Å². The molecule has 1 rings (SSSR count). The van der Waals surface area contributed by atoms with Gasteiger partial charge >= 0.3 is 0 Å². The van der Waals surface area contributed by atoms with E-state index in [2.05, 4.69) is 12.2 Å². The van der Waals surface area contributed by atoms with Crippen LogP contribution in [-0.2, 0) is 14.8 Å². The highest BCUT2D eigenvalue weighted by Gasteiger charge is 2.28. The number of nitrogens with zero attached hydrogens (tertiary/aromatic N) is 1. The Kier molecular flexibility index (Phi) is 6.40. The van der Waals surface area contributed by atoms with E-state index in [-0.39, 0.29) is 11.9 Å². The molecule has 1 fully saturated rings. The van der Waals surface area contributed by atoms with Gasteiger partial charge in [-0.1, -0.05) is 6.92 Å². The summed E-state index contributed by atoms with van der Waals surface area (Å²) in [4.78, 5) is 0. The molecule has 6 heteroatoms. The molecule has 1 aliphatic rings. The molecule has 102 valence electrons. The maximum Gasteiger partial charge on any atom is 0.215 e. The monoisotopic (exact) mass is 264 g/mol. The van der Waals surface area contributed by atoms with Gasteiger partial charge in [-0.3, -0.25) is 0 Å². The Labute approximate surface area is 105 Å². The summed E-state index contributed by atoms with van der Waals surface area (Å²) in [7, 11) is -1.35. The second-order valence-electron chi connectivity index (χ2n) is 4.41. The zero-order valence-electron chi connectivity index (χ0n) is 10.8. The molecule has 0 aliphatic carbocycles. The summed E-state index contributed by atoms with van der Waals surface area (Å²) in [5, 5.41) is 2.87. The summed E-state index contributed by atoms with van der Waals surface area (Å²) in [5.74, 6) is 0.171. The summed E-state index contributed by atoms with van der Waals surface area (Å²) in [5.41, 5.74) is 0. The molecule has 1 saturated heterocycles. The van der Waals surface area contributed by atoms with Crippen molar-refractivity contribution in [3.63, 3.8) is 0 Å². The van der Waals surface area contributed by atoms with Crippen molar-refractivity contribution in [1.82, 2.24) is 9.62 Å². The minimum absolute atomic E-state index is 0.0769. The van der Waals surface area contributed by atoms with E-state index in [1.165, 1.54) is 0 Å². The first-order valence-electron chi connectivity index (χ1n) is 6.34. The van der Waals surface area contributed by atoms with E-state index < -0.39 is 10.0 Å². The number of sulfonamides is 1. The maximum absolute atomic E-state index is 12.0. The first-order valence-corrected chi connectivity index (χ1v) is 7.95. The summed E-state index contributed by atoms with van der Waals surface area (Å²) < 4.78 is 31.2. The number of rotatable bonds is 7. The second kappa shape index (κ2) is 7.31. The molecular weight excluding hydrogens is 240 g/mol. The molecule has 1 heterocycles. The minimum Gasteiger partial charge on any atom is -0.377 e. The third-order valence-corrected chi connectivity index (χ3v) is 4.74. The molecule has 5 nitrogen and oxygen atoms in total. The van der Waals surface area contributed by atoms with Crippen molar-refractivity contribution in [2.45, 2.75) is 32.3 Å². The zero-order chi connectivity index (χ0) is 12.7. The van der Waals surface area contributed by atoms with Crippen LogP contribution in [0.4, 0.5) is 0 Å². The average molecular weight is 264 g/mol. The molecule has 1 unspecified atom stereocenters. The third-order valence-electron chi connectivity index (χ3n) is 2.90. The van der Waals surface area contributed by atoms with Crippen LogP contribution in [0.3, 0.4) is 0 Å². The SMILES string of the molecule is CCCOC1CCCN(S(=O)(=O)CCNC)C1. The predicted octanol–water partition coefficient (Wildman–Crippen LogP) is 0.427. The van der Waals surface area contributed by atoms with Crippen LogP contribution in [0.1, 0.15) is 26.2 Å². The van der Waals surface area contributed by atoms with Crippen molar-refractivity contribution in [3.05, 3.63) is 0 Å². The van der Waals surface area contributed by atoms with Gasteiger partial charge < -0.3 is 10.1 Å². The van der Waals surface area contributed by atoms with E-state index in [0.29, 0.717) is 19.6 Å². The summed E-state index contributed by atoms with van der Waals surface area (Å²) >= 11 is 0. The first kappa shape index (κ1) is 14.9. The van der Waals surface area contributed by atoms with Crippen LogP contribution in [0.2, 0.25) is 0 Å². The Morgan fingerprint density at radius 2 is 2.24 bits per heavy atom. The van der Waals surface area contributed by atoms with Gasteiger partial charge in [0, 0.05) is 26.2 Å². The Bertz CT molecular complexity index is 306. The minimum atomic E-state index is -3.11. The van der Waals surface area contributed by atoms with Crippen molar-refractivity contribution < 1.29 is 13.2 Å². The van der Waals surface area contributed by atoms with Crippen molar-refractivity contribution in [3.8, 4) is 0 Å². The lowest BCUT2D eigenvalue weighted by Gasteiger charge is -2.31. The van der Waals surface area contributed by atoms with E-state index in [4.69, 9.17) is 4.74 Å². The highest BCUT2D eigenvalue weighted by molar-refractivity contribution is 7.89. The van der Waals surface area contributed by atoms with Crippen LogP contribution in [0.5, 0.6) is 0 Å². The molecular formula is C11H24N2O3S. The molecule has 0 spiro atoms. The Hall–Kier alpha value is -0.170. The van der Waals surface area contributed by atoms with Crippen LogP contribution < -0.4 is 5.32 Å². The van der Waals surface area contributed by atoms with E-state index >= 15 is 0 Å². The van der Waals surface area contributed by atoms with Gasteiger partial charge in [-0.15, -0.1) is 0 Å². The van der Waals surface area contributed by atoms with Gasteiger partial charge in [-0.25, -0.2) is 8.42 Å². The number of nitrogens with one attached hydrogen (secondary N) is 1. The molecule has 0 amide bonds. The van der Waals surface area contributed by atoms with Crippen molar-refractivity contribution in [2.24, 2.45) is 0 Å². The molecule has 0 saturated carbocycles. The Morgan fingerprint density at radius 3 is 2.88 bits per heavy atom. The standard InChI is InChI=1S/C11H24N2O3S/c1-3-8-16-11-5-4-7-13(10-11)17(14,15)9-6-12-2/h11-12H,3-10H2,1-2H3. The first-order chi connectivity index (χ1) is 8.10. The van der Waals surface area contributed by atoms with Gasteiger partial charge in [-0.2, -0.15) is 4.31 Å². The van der Waals surface area contributed by atoms with Gasteiger partial charge in [0.2, 0.25) is 10.0 Å². The van der Waals surface area contributed by atoms with Gasteiger partial charge in [0.25, 0.3) is 0 Å². The van der Waals surface area contributed by atoms with Crippen LogP contribution in [-0.4, -0.2) is 57.9 Å². The maximum atomic E-state index is 12.0. The molecule has 1 aliphatic heterocycles. The average Bonchev–Trinajstić information content (AvgIpc) is 2.34. The summed E-state index contributed by atoms with van der Waals surface area (Å²) in [6.07, 6.45) is 2.92. The molecule has 0 aromatic heterocycles. The Morgan fingerprint density at radius 1 is 1.47 bits per heavy atom. The van der Waals surface area contributed by atoms with Crippen LogP contribution >= 0.6 is 0 Å². The van der Waals surface area contributed by atoms with E-state index in [1.54, 1.807) is 11.4 Å². The van der Waals surface area contributed by atoms with E-state index in [9.17, 15) is 8.42 Å². The number of hydrogen-bond acceptors (Lipinski definition) is 4. The predicted molar refractivity (Wildman–Crippen MR) is 68.6 cm³/mol. The fourth-order valence-corrected chi connectivity index (χ4v) is 3.46. The third kappa shape index (κ3) is 4.91. The fraction of sp³-hybridized carbons (Fsp3) is 1.00. The van der Waals surface area contributed by atoms with Crippen molar-refractivity contribution in [1.29, 1.82) is 0 Å². The van der Waals surface area contributed by atoms with Crippen LogP contribution in [0.25, 0.3) is 0 Å². The lowest BCUT2D eigenvalue weighted by Crippen LogP contribution is -2.45. The summed E-state index contributed by atoms with van der Waals surface area (Å²) in [6.45, 7) is 4.43. The van der Waals surface area contributed by atoms with Crippen LogP contribution in [0.15, 0.2) is 0 Å². The molecule has 1 atom stereocenters. The number of piperidine rings is 1. The normalized spacial score (nSPS) is 22.8. The van der Waals surface area contributed by atoms with Gasteiger partial charge in [0.15, 0.2) is 0 Å². The molecule has 0 aromatic carbocycles. The van der Waals surface area contributed by atoms with E-state index in [1.807, 2.05) is 0 Å². The molecule has 0 radical (unpaired) electrons. The largest absolute Gasteiger partial charge is 0.377 e. The fourth-order valence-electron chi connectivity index (χ4n) is 1.94. The Balaban J connectivity index is 2.47. The second-order valence-corrected chi connectivity index (χ2v) is 6.50. The smallest absolute Gasteiger partial charge is 0.215 e. The van der Waals surface area contributed by atoms with Crippen LogP contribution in [0, 0.1) is 0 Å². The number of hydrogen-bond donors (Lipinski definition) is 1. The molecule has 17 heavy (non-hydrogen) atoms. The van der Waals surface area contributed by atoms with Gasteiger partial charge in [0.05, 0.1) is 11.9 Å². The highest BCUT2D eigenvalue weighted by atomic mass is 32.2. The van der Waals surface area contributed by atoms with Gasteiger partial charge in [-0.05, 0) is 26.3 Å². The molecule has 1 N–H and O–H groups in total. The number of ether oxygens (including phenoxy) is 1. The quantitative estimate of drug-likeness (QED) is 0.724. The lowest BCUT2D eigenvalue weighted by molar-refractivity contribution is 0.0193. The lowest BCUT2D eigenvalue weighted by atomic mass is 10.1. The highest BCUT2D eigenvalue weighted by Crippen LogP contribution is 2.16. The molecule has 0 aromatic rings. The van der Waals surface area contributed by atoms with Crippen molar-refractivity contribution >= 4 is 10.0 Å². The summed E-state index contributed by atoms with van der Waals surface area (Å²) in [6, 6.07) is 0. The topological polar surface area (TPSA) is 58.6 Å². The molecule has 0 bridgehead atoms. The van der Waals surface area contributed by atoms with E-state index in [0.717, 1.165) is 25.9 Å². The van der Waals surface area contributed by atoms with Gasteiger partial charge in [0.1, 0.15) is 0 Å². The zero-order valence-corrected chi connectivity index (χ0v) is 11.6.